The Morgan fingerprint density at radius 2 is 1.14 bits per heavy atom. The minimum atomic E-state index is 0.478. The standard InChI is InChI=1S/2C14H22O.C10H9N3O/c2*1-3-5-6-7-10-13-12(4-2)9-8-11-14(13)15;1-14-9-7-11-13-12-10(9)8-5-3-2-4-6-8/h2*8-9,11,15H,3-7,10H2,1-2H3;2-7H,1H3. The topological polar surface area (TPSA) is 88.4 Å². The number of ether oxygens (including phenoxy) is 1. The Labute approximate surface area is 265 Å². The third-order valence-corrected chi connectivity index (χ3v) is 7.69. The van der Waals surface area contributed by atoms with Crippen LogP contribution < -0.4 is 4.74 Å². The number of benzene rings is 3. The van der Waals surface area contributed by atoms with E-state index in [1.54, 1.807) is 25.4 Å². The van der Waals surface area contributed by atoms with Crippen LogP contribution in [-0.4, -0.2) is 32.7 Å². The van der Waals surface area contributed by atoms with E-state index in [4.69, 9.17) is 4.74 Å². The highest BCUT2D eigenvalue weighted by Crippen LogP contribution is 2.26. The van der Waals surface area contributed by atoms with Crippen molar-refractivity contribution in [2.75, 3.05) is 7.11 Å². The third-order valence-electron chi connectivity index (χ3n) is 7.69. The summed E-state index contributed by atoms with van der Waals surface area (Å²) in [4.78, 5) is 0. The number of hydrogen-bond donors (Lipinski definition) is 2. The second-order valence-corrected chi connectivity index (χ2v) is 10.9. The average Bonchev–Trinajstić information content (AvgIpc) is 3.07. The summed E-state index contributed by atoms with van der Waals surface area (Å²) in [5, 5.41) is 30.7. The molecule has 6 heteroatoms. The molecule has 0 spiro atoms. The molecule has 0 saturated carbocycles. The molecule has 0 atom stereocenters. The summed E-state index contributed by atoms with van der Waals surface area (Å²) in [6.45, 7) is 8.73. The van der Waals surface area contributed by atoms with Gasteiger partial charge in [-0.15, -0.1) is 10.2 Å². The molecule has 0 aliphatic carbocycles. The van der Waals surface area contributed by atoms with Crippen molar-refractivity contribution in [3.8, 4) is 28.5 Å². The first kappa shape index (κ1) is 36.3. The minimum Gasteiger partial charge on any atom is -0.508 e. The van der Waals surface area contributed by atoms with E-state index in [0.29, 0.717) is 22.9 Å². The van der Waals surface area contributed by atoms with Gasteiger partial charge in [0.15, 0.2) is 5.75 Å². The summed E-state index contributed by atoms with van der Waals surface area (Å²) in [5.74, 6) is 1.59. The molecule has 0 saturated heterocycles. The molecule has 44 heavy (non-hydrogen) atoms. The average molecular weight is 600 g/mol. The van der Waals surface area contributed by atoms with Crippen molar-refractivity contribution < 1.29 is 14.9 Å². The highest BCUT2D eigenvalue weighted by atomic mass is 16.5. The number of nitrogens with zero attached hydrogens (tertiary/aromatic N) is 3. The van der Waals surface area contributed by atoms with Crippen LogP contribution in [0.5, 0.6) is 17.2 Å². The van der Waals surface area contributed by atoms with Gasteiger partial charge in [-0.3, -0.25) is 0 Å². The fourth-order valence-corrected chi connectivity index (χ4v) is 5.14. The molecule has 0 aliphatic rings. The largest absolute Gasteiger partial charge is 0.508 e. The number of aromatic nitrogens is 3. The molecule has 0 radical (unpaired) electrons. The first-order valence-electron chi connectivity index (χ1n) is 16.4. The molecule has 1 aromatic heterocycles. The summed E-state index contributed by atoms with van der Waals surface area (Å²) in [5.41, 5.74) is 6.60. The number of aromatic hydroxyl groups is 2. The van der Waals surface area contributed by atoms with Crippen LogP contribution in [0.15, 0.2) is 72.9 Å². The molecule has 0 fully saturated rings. The molecule has 0 bridgehead atoms. The smallest absolute Gasteiger partial charge is 0.167 e. The maximum atomic E-state index is 9.78. The Hall–Kier alpha value is -3.93. The molecule has 2 N–H and O–H groups in total. The second-order valence-electron chi connectivity index (χ2n) is 10.9. The summed E-state index contributed by atoms with van der Waals surface area (Å²) in [6.07, 6.45) is 15.7. The van der Waals surface area contributed by atoms with Crippen LogP contribution in [0.2, 0.25) is 0 Å². The van der Waals surface area contributed by atoms with E-state index < -0.39 is 0 Å². The number of unbranched alkanes of at least 4 members (excludes halogenated alkanes) is 6. The van der Waals surface area contributed by atoms with E-state index in [0.717, 1.165) is 42.4 Å². The molecule has 0 amide bonds. The molecular weight excluding hydrogens is 546 g/mol. The zero-order chi connectivity index (χ0) is 32.0. The molecule has 1 heterocycles. The van der Waals surface area contributed by atoms with E-state index in [1.165, 1.54) is 62.5 Å². The molecule has 4 rings (SSSR count). The van der Waals surface area contributed by atoms with Crippen molar-refractivity contribution in [1.29, 1.82) is 0 Å². The Kier molecular flexibility index (Phi) is 17.9. The van der Waals surface area contributed by atoms with Gasteiger partial charge in [0.25, 0.3) is 0 Å². The third kappa shape index (κ3) is 12.4. The van der Waals surface area contributed by atoms with Gasteiger partial charge in [0.05, 0.1) is 13.3 Å². The van der Waals surface area contributed by atoms with Crippen molar-refractivity contribution in [3.05, 3.63) is 95.2 Å². The summed E-state index contributed by atoms with van der Waals surface area (Å²) in [7, 11) is 1.59. The number of hydrogen-bond acceptors (Lipinski definition) is 6. The summed E-state index contributed by atoms with van der Waals surface area (Å²) >= 11 is 0. The van der Waals surface area contributed by atoms with Crippen molar-refractivity contribution in [2.24, 2.45) is 0 Å². The van der Waals surface area contributed by atoms with Crippen molar-refractivity contribution in [3.63, 3.8) is 0 Å². The highest BCUT2D eigenvalue weighted by molar-refractivity contribution is 5.64. The molecule has 3 aromatic carbocycles. The Balaban J connectivity index is 0.000000230. The second kappa shape index (κ2) is 21.7. The number of phenols is 2. The van der Waals surface area contributed by atoms with Gasteiger partial charge in [-0.2, -0.15) is 0 Å². The summed E-state index contributed by atoms with van der Waals surface area (Å²) < 4.78 is 5.13. The van der Waals surface area contributed by atoms with E-state index in [-0.39, 0.29) is 0 Å². The maximum absolute atomic E-state index is 9.78. The van der Waals surface area contributed by atoms with Gasteiger partial charge in [0, 0.05) is 5.56 Å². The van der Waals surface area contributed by atoms with Crippen LogP contribution in [0, 0.1) is 0 Å². The summed E-state index contributed by atoms with van der Waals surface area (Å²) in [6, 6.07) is 21.4. The normalized spacial score (nSPS) is 10.3. The van der Waals surface area contributed by atoms with Crippen LogP contribution in [0.25, 0.3) is 11.3 Å². The van der Waals surface area contributed by atoms with E-state index in [1.807, 2.05) is 42.5 Å². The lowest BCUT2D eigenvalue weighted by Crippen LogP contribution is -1.95. The van der Waals surface area contributed by atoms with Crippen LogP contribution in [-0.2, 0) is 25.7 Å². The van der Waals surface area contributed by atoms with E-state index >= 15 is 0 Å². The monoisotopic (exact) mass is 599 g/mol. The number of methoxy groups -OCH3 is 1. The van der Waals surface area contributed by atoms with Gasteiger partial charge in [0.2, 0.25) is 0 Å². The zero-order valence-corrected chi connectivity index (χ0v) is 27.6. The lowest BCUT2D eigenvalue weighted by Gasteiger charge is -2.09. The molecule has 4 aromatic rings. The Bertz CT molecular complexity index is 1270. The molecule has 0 unspecified atom stereocenters. The lowest BCUT2D eigenvalue weighted by molar-refractivity contribution is 0.410. The molecule has 238 valence electrons. The van der Waals surface area contributed by atoms with Crippen LogP contribution >= 0.6 is 0 Å². The molecule has 0 aliphatic heterocycles. The van der Waals surface area contributed by atoms with Gasteiger partial charge in [-0.25, -0.2) is 0 Å². The van der Waals surface area contributed by atoms with Gasteiger partial charge < -0.3 is 14.9 Å². The lowest BCUT2D eigenvalue weighted by atomic mass is 9.98. The van der Waals surface area contributed by atoms with Crippen LogP contribution in [0.3, 0.4) is 0 Å². The Morgan fingerprint density at radius 3 is 1.59 bits per heavy atom. The van der Waals surface area contributed by atoms with E-state index in [9.17, 15) is 10.2 Å². The molecular formula is C38H53N3O3. The van der Waals surface area contributed by atoms with Crippen molar-refractivity contribution in [2.45, 2.75) is 105 Å². The van der Waals surface area contributed by atoms with Crippen LogP contribution in [0.1, 0.15) is 101 Å². The fourth-order valence-electron chi connectivity index (χ4n) is 5.14. The van der Waals surface area contributed by atoms with Gasteiger partial charge in [-0.1, -0.05) is 121 Å². The quantitative estimate of drug-likeness (QED) is 0.140. The first-order chi connectivity index (χ1) is 21.5. The number of rotatable bonds is 14. The number of phenolic OH excluding ortho intramolecular Hbond substituents is 2. The predicted molar refractivity (Wildman–Crippen MR) is 182 cm³/mol. The van der Waals surface area contributed by atoms with E-state index in [2.05, 4.69) is 55.2 Å². The number of aryl methyl sites for hydroxylation is 2. The maximum Gasteiger partial charge on any atom is 0.167 e. The minimum absolute atomic E-state index is 0.478. The van der Waals surface area contributed by atoms with Gasteiger partial charge in [0.1, 0.15) is 17.2 Å². The first-order valence-corrected chi connectivity index (χ1v) is 16.4. The van der Waals surface area contributed by atoms with Crippen molar-refractivity contribution in [1.82, 2.24) is 15.4 Å². The van der Waals surface area contributed by atoms with Crippen molar-refractivity contribution >= 4 is 0 Å². The zero-order valence-electron chi connectivity index (χ0n) is 27.6. The van der Waals surface area contributed by atoms with Crippen LogP contribution in [0.4, 0.5) is 0 Å². The highest BCUT2D eigenvalue weighted by Gasteiger charge is 2.08. The molecule has 6 nitrogen and oxygen atoms in total. The van der Waals surface area contributed by atoms with Gasteiger partial charge >= 0.3 is 0 Å². The fraction of sp³-hybridized carbons (Fsp3) is 0.447. The predicted octanol–water partition coefficient (Wildman–Crippen LogP) is 9.70. The Morgan fingerprint density at radius 1 is 0.614 bits per heavy atom. The van der Waals surface area contributed by atoms with Gasteiger partial charge in [-0.05, 0) is 78.1 Å². The SMILES string of the molecule is CCCCCCc1c(O)cccc1CC.CCCCCCc1c(O)cccc1CC.COc1cnnnc1-c1ccccc1.